The van der Waals surface area contributed by atoms with E-state index in [1.165, 1.54) is 12.1 Å². The highest BCUT2D eigenvalue weighted by molar-refractivity contribution is 5.79. The molecule has 1 atom stereocenters. The largest absolute Gasteiger partial charge is 0.368 e. The minimum Gasteiger partial charge on any atom is -0.368 e. The van der Waals surface area contributed by atoms with E-state index in [0.717, 1.165) is 5.56 Å². The van der Waals surface area contributed by atoms with Crippen LogP contribution < -0.4 is 16.8 Å². The lowest BCUT2D eigenvalue weighted by Gasteiger charge is -2.08. The van der Waals surface area contributed by atoms with Crippen LogP contribution in [0.2, 0.25) is 0 Å². The number of hydrogen-bond donors (Lipinski definition) is 3. The Morgan fingerprint density at radius 2 is 2.27 bits per heavy atom. The molecule has 0 fully saturated rings. The van der Waals surface area contributed by atoms with Gasteiger partial charge in [0, 0.05) is 13.1 Å². The highest BCUT2D eigenvalue weighted by atomic mass is 19.1. The van der Waals surface area contributed by atoms with Crippen LogP contribution in [0.3, 0.4) is 0 Å². The number of rotatable bonds is 5. The van der Waals surface area contributed by atoms with Crippen molar-refractivity contribution in [3.05, 3.63) is 35.6 Å². The van der Waals surface area contributed by atoms with Gasteiger partial charge in [-0.25, -0.2) is 4.39 Å². The van der Waals surface area contributed by atoms with E-state index in [4.69, 9.17) is 11.5 Å². The monoisotopic (exact) mass is 211 g/mol. The van der Waals surface area contributed by atoms with Gasteiger partial charge in [-0.15, -0.1) is 0 Å². The van der Waals surface area contributed by atoms with Crippen LogP contribution in [0, 0.1) is 5.82 Å². The average molecular weight is 211 g/mol. The van der Waals surface area contributed by atoms with Gasteiger partial charge in [-0.3, -0.25) is 4.79 Å². The molecular formula is C10H14FN3O. The minimum atomic E-state index is -0.710. The van der Waals surface area contributed by atoms with E-state index in [2.05, 4.69) is 5.32 Å². The standard InChI is InChI=1S/C10H14FN3O/c11-8-3-1-2-7(4-8)5-14-6-9(12)10(13)15/h1-4,9,14H,5-6,12H2,(H2,13,15). The fourth-order valence-electron chi connectivity index (χ4n) is 1.12. The smallest absolute Gasteiger partial charge is 0.235 e. The Bertz CT molecular complexity index is 343. The van der Waals surface area contributed by atoms with Gasteiger partial charge in [-0.1, -0.05) is 12.1 Å². The van der Waals surface area contributed by atoms with E-state index in [1.807, 2.05) is 0 Å². The third-order valence-corrected chi connectivity index (χ3v) is 1.95. The molecule has 0 heterocycles. The molecule has 0 spiro atoms. The Morgan fingerprint density at radius 1 is 1.53 bits per heavy atom. The van der Waals surface area contributed by atoms with Crippen molar-refractivity contribution in [2.45, 2.75) is 12.6 Å². The van der Waals surface area contributed by atoms with Crippen molar-refractivity contribution in [1.82, 2.24) is 5.32 Å². The Morgan fingerprint density at radius 3 is 2.87 bits per heavy atom. The SMILES string of the molecule is NC(=O)C(N)CNCc1cccc(F)c1. The van der Waals surface area contributed by atoms with Gasteiger partial charge in [0.05, 0.1) is 6.04 Å². The molecule has 0 aliphatic rings. The maximum atomic E-state index is 12.8. The van der Waals surface area contributed by atoms with E-state index in [9.17, 15) is 9.18 Å². The van der Waals surface area contributed by atoms with Gasteiger partial charge in [-0.2, -0.15) is 0 Å². The number of nitrogens with one attached hydrogen (secondary N) is 1. The summed E-state index contributed by atoms with van der Waals surface area (Å²) in [6, 6.07) is 5.49. The average Bonchev–Trinajstić information content (AvgIpc) is 2.17. The number of benzene rings is 1. The summed E-state index contributed by atoms with van der Waals surface area (Å²) in [6.45, 7) is 0.741. The lowest BCUT2D eigenvalue weighted by atomic mass is 10.2. The molecule has 1 amide bonds. The number of amides is 1. The van der Waals surface area contributed by atoms with Crippen LogP contribution in [0.25, 0.3) is 0 Å². The predicted octanol–water partition coefficient (Wildman–Crippen LogP) is -0.272. The zero-order valence-electron chi connectivity index (χ0n) is 8.24. The molecule has 0 aromatic heterocycles. The minimum absolute atomic E-state index is 0.284. The highest BCUT2D eigenvalue weighted by Crippen LogP contribution is 2.02. The van der Waals surface area contributed by atoms with Crippen molar-refractivity contribution in [2.75, 3.05) is 6.54 Å². The van der Waals surface area contributed by atoms with Gasteiger partial charge >= 0.3 is 0 Å². The Kier molecular flexibility index (Phi) is 4.20. The quantitative estimate of drug-likeness (QED) is 0.627. The van der Waals surface area contributed by atoms with Crippen LogP contribution in [-0.4, -0.2) is 18.5 Å². The van der Waals surface area contributed by atoms with Crippen LogP contribution in [-0.2, 0) is 11.3 Å². The molecule has 15 heavy (non-hydrogen) atoms. The molecule has 0 aliphatic heterocycles. The Labute approximate surface area is 87.4 Å². The number of carbonyl (C=O) groups excluding carboxylic acids is 1. The van der Waals surface area contributed by atoms with Crippen molar-refractivity contribution in [3.8, 4) is 0 Å². The number of carbonyl (C=O) groups is 1. The molecule has 0 bridgehead atoms. The van der Waals surface area contributed by atoms with E-state index in [-0.39, 0.29) is 12.4 Å². The van der Waals surface area contributed by atoms with Crippen molar-refractivity contribution < 1.29 is 9.18 Å². The summed E-state index contributed by atoms with van der Waals surface area (Å²) in [4.78, 5) is 10.6. The van der Waals surface area contributed by atoms with Gasteiger partial charge < -0.3 is 16.8 Å². The summed E-state index contributed by atoms with van der Waals surface area (Å²) < 4.78 is 12.8. The third-order valence-electron chi connectivity index (χ3n) is 1.95. The second kappa shape index (κ2) is 5.43. The first-order valence-corrected chi connectivity index (χ1v) is 4.59. The lowest BCUT2D eigenvalue weighted by molar-refractivity contribution is -0.119. The summed E-state index contributed by atoms with van der Waals surface area (Å²) in [7, 11) is 0. The molecule has 1 rings (SSSR count). The number of hydrogen-bond acceptors (Lipinski definition) is 3. The Hall–Kier alpha value is -1.46. The molecular weight excluding hydrogens is 197 g/mol. The second-order valence-corrected chi connectivity index (χ2v) is 3.27. The van der Waals surface area contributed by atoms with Gasteiger partial charge in [0.25, 0.3) is 0 Å². The van der Waals surface area contributed by atoms with Crippen LogP contribution in [0.1, 0.15) is 5.56 Å². The van der Waals surface area contributed by atoms with Gasteiger partial charge in [-0.05, 0) is 17.7 Å². The third kappa shape index (κ3) is 4.05. The molecule has 1 aromatic rings. The first-order chi connectivity index (χ1) is 7.09. The first kappa shape index (κ1) is 11.6. The van der Waals surface area contributed by atoms with Crippen molar-refractivity contribution >= 4 is 5.91 Å². The molecule has 1 aromatic carbocycles. The summed E-state index contributed by atoms with van der Waals surface area (Å²) in [5.74, 6) is -0.838. The maximum absolute atomic E-state index is 12.8. The van der Waals surface area contributed by atoms with Crippen LogP contribution in [0.4, 0.5) is 4.39 Å². The van der Waals surface area contributed by atoms with Gasteiger partial charge in [0.2, 0.25) is 5.91 Å². The van der Waals surface area contributed by atoms with E-state index in [1.54, 1.807) is 12.1 Å². The van der Waals surface area contributed by atoms with Crippen LogP contribution in [0.5, 0.6) is 0 Å². The predicted molar refractivity (Wildman–Crippen MR) is 55.3 cm³/mol. The molecule has 0 aliphatic carbocycles. The van der Waals surface area contributed by atoms with E-state index in [0.29, 0.717) is 6.54 Å². The normalized spacial score (nSPS) is 12.4. The zero-order valence-corrected chi connectivity index (χ0v) is 8.24. The topological polar surface area (TPSA) is 81.1 Å². The first-order valence-electron chi connectivity index (χ1n) is 4.59. The van der Waals surface area contributed by atoms with Gasteiger partial charge in [0.1, 0.15) is 5.82 Å². The molecule has 5 N–H and O–H groups in total. The fraction of sp³-hybridized carbons (Fsp3) is 0.300. The molecule has 0 saturated heterocycles. The summed E-state index contributed by atoms with van der Waals surface area (Å²) in [6.07, 6.45) is 0. The maximum Gasteiger partial charge on any atom is 0.235 e. The molecule has 1 unspecified atom stereocenters. The van der Waals surface area contributed by atoms with E-state index < -0.39 is 11.9 Å². The number of halogens is 1. The number of primary amides is 1. The molecule has 0 saturated carbocycles. The molecule has 82 valence electrons. The van der Waals surface area contributed by atoms with Gasteiger partial charge in [0.15, 0.2) is 0 Å². The molecule has 4 nitrogen and oxygen atoms in total. The zero-order chi connectivity index (χ0) is 11.3. The summed E-state index contributed by atoms with van der Waals surface area (Å²) in [5, 5.41) is 2.92. The molecule has 0 radical (unpaired) electrons. The van der Waals surface area contributed by atoms with Crippen molar-refractivity contribution in [3.63, 3.8) is 0 Å². The van der Waals surface area contributed by atoms with Crippen molar-refractivity contribution in [1.29, 1.82) is 0 Å². The fourth-order valence-corrected chi connectivity index (χ4v) is 1.12. The summed E-state index contributed by atoms with van der Waals surface area (Å²) >= 11 is 0. The van der Waals surface area contributed by atoms with Crippen LogP contribution >= 0.6 is 0 Å². The molecule has 5 heteroatoms. The van der Waals surface area contributed by atoms with Crippen LogP contribution in [0.15, 0.2) is 24.3 Å². The van der Waals surface area contributed by atoms with E-state index >= 15 is 0 Å². The second-order valence-electron chi connectivity index (χ2n) is 3.27. The highest BCUT2D eigenvalue weighted by Gasteiger charge is 2.07. The lowest BCUT2D eigenvalue weighted by Crippen LogP contribution is -2.44. The Balaban J connectivity index is 2.35. The number of nitrogens with two attached hydrogens (primary N) is 2. The van der Waals surface area contributed by atoms with Crippen molar-refractivity contribution in [2.24, 2.45) is 11.5 Å². The summed E-state index contributed by atoms with van der Waals surface area (Å²) in [5.41, 5.74) is 11.2.